The summed E-state index contributed by atoms with van der Waals surface area (Å²) >= 11 is 0. The predicted molar refractivity (Wildman–Crippen MR) is 292 cm³/mol. The van der Waals surface area contributed by atoms with E-state index in [-0.39, 0.29) is 10.8 Å². The van der Waals surface area contributed by atoms with Crippen molar-refractivity contribution in [1.29, 1.82) is 0 Å². The third-order valence-corrected chi connectivity index (χ3v) is 14.0. The predicted octanol–water partition coefficient (Wildman–Crippen LogP) is 19.4. The molecule has 0 spiro atoms. The molecule has 0 bridgehead atoms. The molecule has 0 saturated heterocycles. The molecule has 12 aromatic rings. The lowest BCUT2D eigenvalue weighted by Gasteiger charge is -2.30. The van der Waals surface area contributed by atoms with Crippen LogP contribution in [0.25, 0.3) is 99.2 Å². The molecule has 12 rings (SSSR count). The van der Waals surface area contributed by atoms with E-state index in [9.17, 15) is 0 Å². The fraction of sp³-hybridized carbons (Fsp3) is 0.121. The number of anilines is 3. The van der Waals surface area contributed by atoms with E-state index in [4.69, 9.17) is 8.83 Å². The Labute approximate surface area is 403 Å². The Hall–Kier alpha value is -8.14. The zero-order valence-electron chi connectivity index (χ0n) is 40.0. The second kappa shape index (κ2) is 16.3. The van der Waals surface area contributed by atoms with Crippen LogP contribution in [0.4, 0.5) is 17.1 Å². The van der Waals surface area contributed by atoms with E-state index in [1.807, 2.05) is 24.3 Å². The first kappa shape index (κ1) is 42.2. The lowest BCUT2D eigenvalue weighted by atomic mass is 9.78. The molecule has 334 valence electrons. The van der Waals surface area contributed by atoms with Crippen molar-refractivity contribution in [1.82, 2.24) is 0 Å². The molecule has 0 N–H and O–H groups in total. The fourth-order valence-corrected chi connectivity index (χ4v) is 10.3. The number of para-hydroxylation sites is 4. The maximum atomic E-state index is 6.49. The van der Waals surface area contributed by atoms with Gasteiger partial charge in [-0.2, -0.15) is 0 Å². The van der Waals surface area contributed by atoms with E-state index in [1.165, 1.54) is 38.6 Å². The molecule has 0 saturated carbocycles. The van der Waals surface area contributed by atoms with Crippen LogP contribution in [0, 0.1) is 0 Å². The van der Waals surface area contributed by atoms with Crippen LogP contribution in [0.2, 0.25) is 0 Å². The van der Waals surface area contributed by atoms with Crippen LogP contribution in [0.3, 0.4) is 0 Å². The molecule has 0 fully saturated rings. The first-order valence-corrected chi connectivity index (χ1v) is 24.1. The summed E-state index contributed by atoms with van der Waals surface area (Å²) in [6.45, 7) is 13.9. The van der Waals surface area contributed by atoms with Crippen molar-refractivity contribution in [2.45, 2.75) is 52.4 Å². The second-order valence-electron chi connectivity index (χ2n) is 20.5. The number of benzene rings is 10. The molecule has 0 amide bonds. The SMILES string of the molecule is CC(C)(C)c1cc(-c2cccc3cccc(-c4ccccc4N(c4cccc(-c5ccc6c(c5)oc5ccccc56)c4)c4ccccc4-c4ccc5c(c4)oc4ccccc45)c23)cc(C(C)(C)C)c1. The van der Waals surface area contributed by atoms with Gasteiger partial charge in [-0.25, -0.2) is 0 Å². The summed E-state index contributed by atoms with van der Waals surface area (Å²) < 4.78 is 12.9. The Morgan fingerprint density at radius 1 is 0.319 bits per heavy atom. The Kier molecular flexibility index (Phi) is 9.97. The summed E-state index contributed by atoms with van der Waals surface area (Å²) in [4.78, 5) is 2.45. The third-order valence-electron chi connectivity index (χ3n) is 14.0. The van der Waals surface area contributed by atoms with E-state index in [2.05, 4.69) is 234 Å². The Balaban J connectivity index is 1.09. The molecule has 0 aliphatic rings. The fourth-order valence-electron chi connectivity index (χ4n) is 10.3. The van der Waals surface area contributed by atoms with E-state index in [0.29, 0.717) is 0 Å². The lowest BCUT2D eigenvalue weighted by Crippen LogP contribution is -2.16. The van der Waals surface area contributed by atoms with Crippen molar-refractivity contribution in [3.63, 3.8) is 0 Å². The zero-order valence-corrected chi connectivity index (χ0v) is 40.0. The molecular weight excluding hydrogens is 839 g/mol. The van der Waals surface area contributed by atoms with E-state index >= 15 is 0 Å². The smallest absolute Gasteiger partial charge is 0.136 e. The van der Waals surface area contributed by atoms with Gasteiger partial charge in [0.25, 0.3) is 0 Å². The molecule has 10 aromatic carbocycles. The van der Waals surface area contributed by atoms with Crippen LogP contribution in [0.1, 0.15) is 52.7 Å². The minimum Gasteiger partial charge on any atom is -0.456 e. The van der Waals surface area contributed by atoms with Crippen molar-refractivity contribution in [2.75, 3.05) is 4.90 Å². The summed E-state index contributed by atoms with van der Waals surface area (Å²) in [5.41, 5.74) is 18.4. The Morgan fingerprint density at radius 3 is 1.43 bits per heavy atom. The van der Waals surface area contributed by atoms with Gasteiger partial charge in [0.15, 0.2) is 0 Å². The number of rotatable bonds is 7. The molecule has 3 nitrogen and oxygen atoms in total. The number of hydrogen-bond acceptors (Lipinski definition) is 3. The van der Waals surface area contributed by atoms with E-state index < -0.39 is 0 Å². The molecule has 0 unspecified atom stereocenters. The van der Waals surface area contributed by atoms with E-state index in [1.54, 1.807) is 0 Å². The maximum Gasteiger partial charge on any atom is 0.136 e. The van der Waals surface area contributed by atoms with Crippen LogP contribution in [0.15, 0.2) is 221 Å². The van der Waals surface area contributed by atoms with Gasteiger partial charge in [-0.15, -0.1) is 0 Å². The lowest BCUT2D eigenvalue weighted by molar-refractivity contribution is 0.569. The molecule has 3 heteroatoms. The molecule has 0 radical (unpaired) electrons. The minimum atomic E-state index is -0.0226. The van der Waals surface area contributed by atoms with Crippen molar-refractivity contribution in [3.05, 3.63) is 223 Å². The summed E-state index contributed by atoms with van der Waals surface area (Å²) in [7, 11) is 0. The highest BCUT2D eigenvalue weighted by atomic mass is 16.3. The van der Waals surface area contributed by atoms with Crippen molar-refractivity contribution < 1.29 is 8.83 Å². The zero-order chi connectivity index (χ0) is 47.0. The molecule has 69 heavy (non-hydrogen) atoms. The van der Waals surface area contributed by atoms with Gasteiger partial charge in [-0.1, -0.05) is 193 Å². The van der Waals surface area contributed by atoms with Gasteiger partial charge in [-0.05, 0) is 127 Å². The number of fused-ring (bicyclic) bond motifs is 7. The maximum absolute atomic E-state index is 6.49. The van der Waals surface area contributed by atoms with Crippen LogP contribution >= 0.6 is 0 Å². The van der Waals surface area contributed by atoms with Crippen molar-refractivity contribution in [2.24, 2.45) is 0 Å². The first-order chi connectivity index (χ1) is 33.5. The molecule has 0 atom stereocenters. The quantitative estimate of drug-likeness (QED) is 0.160. The van der Waals surface area contributed by atoms with Gasteiger partial charge >= 0.3 is 0 Å². The standard InChI is InChI=1S/C66H53NO2/c1-65(2,3)47-36-46(37-48(41-47)66(4,5)6)51-26-16-18-42-19-17-27-57(64(42)51)52-23-8-12-29-59(52)67(49-21-15-20-43(38-49)44-32-34-55-53-24-9-13-30-60(53)68-62(55)39-44)58-28-11-7-22-50(58)45-33-35-56-54-25-10-14-31-61(54)69-63(56)40-45/h7-41H,1-6H3. The highest BCUT2D eigenvalue weighted by molar-refractivity contribution is 6.10. The van der Waals surface area contributed by atoms with Gasteiger partial charge in [-0.3, -0.25) is 0 Å². The molecule has 2 aromatic heterocycles. The average molecular weight is 892 g/mol. The highest BCUT2D eigenvalue weighted by Crippen LogP contribution is 2.49. The van der Waals surface area contributed by atoms with Crippen LogP contribution < -0.4 is 4.90 Å². The molecular formula is C66H53NO2. The van der Waals surface area contributed by atoms with Gasteiger partial charge in [0, 0.05) is 38.4 Å². The highest BCUT2D eigenvalue weighted by Gasteiger charge is 2.25. The Morgan fingerprint density at radius 2 is 0.797 bits per heavy atom. The summed E-state index contributed by atoms with van der Waals surface area (Å²) in [5, 5.41) is 6.90. The van der Waals surface area contributed by atoms with Gasteiger partial charge in [0.05, 0.1) is 11.4 Å². The van der Waals surface area contributed by atoms with Crippen molar-refractivity contribution >= 4 is 71.7 Å². The monoisotopic (exact) mass is 891 g/mol. The van der Waals surface area contributed by atoms with Crippen LogP contribution in [0.5, 0.6) is 0 Å². The van der Waals surface area contributed by atoms with Crippen LogP contribution in [-0.2, 0) is 10.8 Å². The van der Waals surface area contributed by atoms with Crippen molar-refractivity contribution in [3.8, 4) is 44.5 Å². The van der Waals surface area contributed by atoms with Gasteiger partial charge in [0.2, 0.25) is 0 Å². The number of furan rings is 2. The Bertz CT molecular complexity index is 3910. The molecule has 0 aliphatic heterocycles. The second-order valence-corrected chi connectivity index (χ2v) is 20.5. The third kappa shape index (κ3) is 7.46. The summed E-state index contributed by atoms with van der Waals surface area (Å²) in [5.74, 6) is 0. The van der Waals surface area contributed by atoms with Gasteiger partial charge < -0.3 is 13.7 Å². The number of hydrogen-bond donors (Lipinski definition) is 0. The van der Waals surface area contributed by atoms with Crippen LogP contribution in [-0.4, -0.2) is 0 Å². The largest absolute Gasteiger partial charge is 0.456 e. The normalized spacial score (nSPS) is 12.2. The average Bonchev–Trinajstić information content (AvgIpc) is 3.93. The summed E-state index contributed by atoms with van der Waals surface area (Å²) in [6.07, 6.45) is 0. The topological polar surface area (TPSA) is 29.5 Å². The number of nitrogens with zero attached hydrogens (tertiary/aromatic N) is 1. The molecule has 0 aliphatic carbocycles. The molecule has 2 heterocycles. The summed E-state index contributed by atoms with van der Waals surface area (Å²) in [6, 6.07) is 77.2. The minimum absolute atomic E-state index is 0.0226. The van der Waals surface area contributed by atoms with Gasteiger partial charge in [0.1, 0.15) is 22.3 Å². The van der Waals surface area contributed by atoms with E-state index in [0.717, 1.165) is 88.8 Å². The first-order valence-electron chi connectivity index (χ1n) is 24.1.